The van der Waals surface area contributed by atoms with Crippen molar-refractivity contribution in [3.8, 4) is 0 Å². The standard InChI is InChI=1S/C13H23N5O3/c1-7-9-10(18(20)21)11(17(6)16-9)14-8(2)12(19)15-13(3,4)5/h8,14H,7H2,1-6H3,(H,15,19). The number of rotatable bonds is 5. The van der Waals surface area contributed by atoms with Crippen LogP contribution in [0.3, 0.4) is 0 Å². The number of nitrogens with zero attached hydrogens (tertiary/aromatic N) is 3. The molecule has 118 valence electrons. The third-order valence-corrected chi connectivity index (χ3v) is 2.85. The summed E-state index contributed by atoms with van der Waals surface area (Å²) in [5.41, 5.74) is -0.0381. The highest BCUT2D eigenvalue weighted by molar-refractivity contribution is 5.85. The molecule has 21 heavy (non-hydrogen) atoms. The number of carbonyl (C=O) groups excluding carboxylic acids is 1. The third kappa shape index (κ3) is 4.17. The summed E-state index contributed by atoms with van der Waals surface area (Å²) in [4.78, 5) is 22.8. The summed E-state index contributed by atoms with van der Waals surface area (Å²) in [6.07, 6.45) is 0.453. The minimum Gasteiger partial charge on any atom is -0.353 e. The van der Waals surface area contributed by atoms with Crippen molar-refractivity contribution in [3.63, 3.8) is 0 Å². The van der Waals surface area contributed by atoms with Gasteiger partial charge >= 0.3 is 5.69 Å². The predicted molar refractivity (Wildman–Crippen MR) is 80.2 cm³/mol. The number of nitro groups is 1. The molecular weight excluding hydrogens is 274 g/mol. The fourth-order valence-corrected chi connectivity index (χ4v) is 1.91. The van der Waals surface area contributed by atoms with Gasteiger partial charge in [0.05, 0.1) is 4.92 Å². The molecule has 1 heterocycles. The number of hydrogen-bond acceptors (Lipinski definition) is 5. The Morgan fingerprint density at radius 3 is 2.48 bits per heavy atom. The highest BCUT2D eigenvalue weighted by Gasteiger charge is 2.28. The molecule has 0 saturated carbocycles. The predicted octanol–water partition coefficient (Wildman–Crippen LogP) is 1.61. The second kappa shape index (κ2) is 6.11. The van der Waals surface area contributed by atoms with E-state index in [0.717, 1.165) is 0 Å². The molecule has 0 fully saturated rings. The normalized spacial score (nSPS) is 12.9. The average Bonchev–Trinajstić information content (AvgIpc) is 2.64. The Labute approximate surface area is 124 Å². The van der Waals surface area contributed by atoms with Gasteiger partial charge in [-0.15, -0.1) is 0 Å². The maximum atomic E-state index is 12.1. The van der Waals surface area contributed by atoms with Gasteiger partial charge in [-0.3, -0.25) is 14.9 Å². The Morgan fingerprint density at radius 1 is 1.48 bits per heavy atom. The number of amides is 1. The van der Waals surface area contributed by atoms with Gasteiger partial charge in [0.25, 0.3) is 0 Å². The average molecular weight is 297 g/mol. The zero-order valence-electron chi connectivity index (χ0n) is 13.4. The largest absolute Gasteiger partial charge is 0.353 e. The number of aryl methyl sites for hydroxylation is 2. The highest BCUT2D eigenvalue weighted by Crippen LogP contribution is 2.28. The van der Waals surface area contributed by atoms with Crippen molar-refractivity contribution < 1.29 is 9.72 Å². The number of nitrogens with one attached hydrogen (secondary N) is 2. The van der Waals surface area contributed by atoms with E-state index < -0.39 is 11.0 Å². The van der Waals surface area contributed by atoms with E-state index in [1.54, 1.807) is 20.9 Å². The Kier molecular flexibility index (Phi) is 4.93. The van der Waals surface area contributed by atoms with Crippen LogP contribution in [-0.4, -0.2) is 32.2 Å². The van der Waals surface area contributed by atoms with E-state index in [1.807, 2.05) is 20.8 Å². The van der Waals surface area contributed by atoms with Crippen LogP contribution in [-0.2, 0) is 18.3 Å². The van der Waals surface area contributed by atoms with Gasteiger partial charge in [0.1, 0.15) is 11.7 Å². The van der Waals surface area contributed by atoms with Gasteiger partial charge in [-0.05, 0) is 34.1 Å². The van der Waals surface area contributed by atoms with Crippen molar-refractivity contribution in [2.75, 3.05) is 5.32 Å². The maximum Gasteiger partial charge on any atom is 0.334 e. The molecule has 1 unspecified atom stereocenters. The molecule has 8 heteroatoms. The topological polar surface area (TPSA) is 102 Å². The molecule has 0 saturated heterocycles. The van der Waals surface area contributed by atoms with Gasteiger partial charge in [-0.2, -0.15) is 5.10 Å². The van der Waals surface area contributed by atoms with Gasteiger partial charge in [-0.1, -0.05) is 6.92 Å². The minimum atomic E-state index is -0.608. The molecule has 0 aliphatic heterocycles. The third-order valence-electron chi connectivity index (χ3n) is 2.85. The number of carbonyl (C=O) groups is 1. The lowest BCUT2D eigenvalue weighted by Gasteiger charge is -2.23. The van der Waals surface area contributed by atoms with Gasteiger partial charge < -0.3 is 10.6 Å². The Morgan fingerprint density at radius 2 is 2.05 bits per heavy atom. The van der Waals surface area contributed by atoms with Crippen LogP contribution in [0.25, 0.3) is 0 Å². The smallest absolute Gasteiger partial charge is 0.334 e. The molecule has 8 nitrogen and oxygen atoms in total. The molecule has 0 radical (unpaired) electrons. The first-order chi connectivity index (χ1) is 9.56. The van der Waals surface area contributed by atoms with Gasteiger partial charge in [-0.25, -0.2) is 4.68 Å². The summed E-state index contributed by atoms with van der Waals surface area (Å²) >= 11 is 0. The van der Waals surface area contributed by atoms with E-state index in [1.165, 1.54) is 4.68 Å². The molecule has 1 rings (SSSR count). The molecular formula is C13H23N5O3. The molecule has 0 spiro atoms. The van der Waals surface area contributed by atoms with Crippen LogP contribution in [0.5, 0.6) is 0 Å². The lowest BCUT2D eigenvalue weighted by molar-refractivity contribution is -0.384. The molecule has 0 aliphatic carbocycles. The molecule has 0 aromatic carbocycles. The number of anilines is 1. The first-order valence-electron chi connectivity index (χ1n) is 6.85. The van der Waals surface area contributed by atoms with E-state index >= 15 is 0 Å². The summed E-state index contributed by atoms with van der Waals surface area (Å²) < 4.78 is 1.40. The minimum absolute atomic E-state index is 0.0737. The quantitative estimate of drug-likeness (QED) is 0.635. The van der Waals surface area contributed by atoms with E-state index in [9.17, 15) is 14.9 Å². The van der Waals surface area contributed by atoms with Gasteiger partial charge in [0.2, 0.25) is 11.7 Å². The zero-order chi connectivity index (χ0) is 16.4. The molecule has 1 amide bonds. The molecule has 1 aromatic rings. The highest BCUT2D eigenvalue weighted by atomic mass is 16.6. The summed E-state index contributed by atoms with van der Waals surface area (Å²) in [6.45, 7) is 9.08. The number of hydrogen-bond donors (Lipinski definition) is 2. The Hall–Kier alpha value is -2.12. The summed E-state index contributed by atoms with van der Waals surface area (Å²) in [5.74, 6) is 0.0180. The van der Waals surface area contributed by atoms with Crippen LogP contribution in [0.2, 0.25) is 0 Å². The van der Waals surface area contributed by atoms with Crippen molar-refractivity contribution in [2.45, 2.75) is 52.6 Å². The van der Waals surface area contributed by atoms with Crippen molar-refractivity contribution >= 4 is 17.4 Å². The van der Waals surface area contributed by atoms with Gasteiger partial charge in [0.15, 0.2) is 0 Å². The summed E-state index contributed by atoms with van der Waals surface area (Å²) in [6, 6.07) is -0.608. The Bertz CT molecular complexity index is 545. The van der Waals surface area contributed by atoms with E-state index in [4.69, 9.17) is 0 Å². The van der Waals surface area contributed by atoms with Crippen LogP contribution >= 0.6 is 0 Å². The lowest BCUT2D eigenvalue weighted by Crippen LogP contribution is -2.47. The van der Waals surface area contributed by atoms with Crippen molar-refractivity contribution in [3.05, 3.63) is 15.8 Å². The molecule has 2 N–H and O–H groups in total. The Balaban J connectivity index is 3.00. The van der Waals surface area contributed by atoms with Crippen LogP contribution in [0.4, 0.5) is 11.5 Å². The zero-order valence-corrected chi connectivity index (χ0v) is 13.4. The second-order valence-electron chi connectivity index (χ2n) is 5.98. The first kappa shape index (κ1) is 16.9. The van der Waals surface area contributed by atoms with Crippen LogP contribution in [0.15, 0.2) is 0 Å². The lowest BCUT2D eigenvalue weighted by atomic mass is 10.1. The van der Waals surface area contributed by atoms with Gasteiger partial charge in [0, 0.05) is 12.6 Å². The van der Waals surface area contributed by atoms with Crippen LogP contribution in [0, 0.1) is 10.1 Å². The first-order valence-corrected chi connectivity index (χ1v) is 6.85. The molecule has 1 aromatic heterocycles. The fraction of sp³-hybridized carbons (Fsp3) is 0.692. The summed E-state index contributed by atoms with van der Waals surface area (Å²) in [7, 11) is 1.61. The van der Waals surface area contributed by atoms with E-state index in [2.05, 4.69) is 15.7 Å². The van der Waals surface area contributed by atoms with E-state index in [-0.39, 0.29) is 23.0 Å². The maximum absolute atomic E-state index is 12.1. The second-order valence-corrected chi connectivity index (χ2v) is 5.98. The monoisotopic (exact) mass is 297 g/mol. The number of aromatic nitrogens is 2. The van der Waals surface area contributed by atoms with E-state index in [0.29, 0.717) is 12.1 Å². The summed E-state index contributed by atoms with van der Waals surface area (Å²) in [5, 5.41) is 21.0. The molecule has 1 atom stereocenters. The molecule has 0 aliphatic rings. The van der Waals surface area contributed by atoms with Crippen molar-refractivity contribution in [1.29, 1.82) is 0 Å². The van der Waals surface area contributed by atoms with Crippen LogP contribution < -0.4 is 10.6 Å². The van der Waals surface area contributed by atoms with Crippen molar-refractivity contribution in [1.82, 2.24) is 15.1 Å². The van der Waals surface area contributed by atoms with Crippen molar-refractivity contribution in [2.24, 2.45) is 7.05 Å². The van der Waals surface area contributed by atoms with Crippen LogP contribution in [0.1, 0.15) is 40.3 Å². The molecule has 0 bridgehead atoms. The fourth-order valence-electron chi connectivity index (χ4n) is 1.91. The SMILES string of the molecule is CCc1nn(C)c(NC(C)C(=O)NC(C)(C)C)c1[N+](=O)[O-].